The van der Waals surface area contributed by atoms with Gasteiger partial charge in [0.05, 0.1) is 24.6 Å². The molecule has 5 rings (SSSR count). The predicted molar refractivity (Wildman–Crippen MR) is 202 cm³/mol. The van der Waals surface area contributed by atoms with Gasteiger partial charge in [-0.2, -0.15) is 5.26 Å². The number of amides is 2. The fraction of sp³-hybridized carbons (Fsp3) is 0.528. The van der Waals surface area contributed by atoms with Gasteiger partial charge in [-0.05, 0) is 48.3 Å². The van der Waals surface area contributed by atoms with Crippen molar-refractivity contribution in [3.8, 4) is 17.6 Å². The molecule has 0 spiro atoms. The monoisotopic (exact) mass is 798 g/mol. The Kier molecular flexibility index (Phi) is 13.5. The van der Waals surface area contributed by atoms with E-state index in [0.717, 1.165) is 6.42 Å². The van der Waals surface area contributed by atoms with E-state index in [1.165, 1.54) is 29.0 Å². The van der Waals surface area contributed by atoms with E-state index in [-0.39, 0.29) is 60.1 Å². The molecule has 0 unspecified atom stereocenters. The van der Waals surface area contributed by atoms with Gasteiger partial charge in [-0.1, -0.05) is 13.0 Å². The number of aliphatic hydroxyl groups excluding tert-OH is 3. The summed E-state index contributed by atoms with van der Waals surface area (Å²) in [5.41, 5.74) is 1.05. The van der Waals surface area contributed by atoms with Crippen LogP contribution in [0.25, 0.3) is 11.0 Å². The first-order valence-corrected chi connectivity index (χ1v) is 18.2. The number of aliphatic hydroxyl groups is 3. The summed E-state index contributed by atoms with van der Waals surface area (Å²) >= 11 is 5.48. The summed E-state index contributed by atoms with van der Waals surface area (Å²) in [6.45, 7) is 3.83. The molecular weight excluding hydrogens is 753 g/mol. The van der Waals surface area contributed by atoms with Crippen molar-refractivity contribution < 1.29 is 53.8 Å². The maximum absolute atomic E-state index is 13.6. The normalized spacial score (nSPS) is 23.5. The van der Waals surface area contributed by atoms with E-state index >= 15 is 0 Å². The highest BCUT2D eigenvalue weighted by atomic mass is 32.1. The number of anilines is 1. The molecule has 0 aliphatic carbocycles. The zero-order chi connectivity index (χ0) is 40.8. The number of fused-ring (bicyclic) bond motifs is 1. The van der Waals surface area contributed by atoms with Crippen LogP contribution in [0.4, 0.5) is 10.6 Å². The Bertz CT molecular complexity index is 1960. The number of carbonyl (C=O) groups is 3. The van der Waals surface area contributed by atoms with Crippen molar-refractivity contribution in [3.63, 3.8) is 0 Å². The van der Waals surface area contributed by atoms with Gasteiger partial charge in [0.25, 0.3) is 5.17 Å². The number of ether oxygens (including phenoxy) is 4. The van der Waals surface area contributed by atoms with Crippen molar-refractivity contribution in [3.05, 3.63) is 42.4 Å². The fourth-order valence-corrected chi connectivity index (χ4v) is 6.74. The quantitative estimate of drug-likeness (QED) is 0.184. The number of thiocarbonyl (C=S) groups is 1. The molecule has 7 atom stereocenters. The third-order valence-electron chi connectivity index (χ3n) is 10.1. The minimum atomic E-state index is -1.86. The van der Waals surface area contributed by atoms with Crippen LogP contribution in [0.3, 0.4) is 0 Å². The number of piperidine rings is 1. The van der Waals surface area contributed by atoms with Crippen LogP contribution in [0, 0.1) is 17.2 Å². The Morgan fingerprint density at radius 3 is 2.48 bits per heavy atom. The molecule has 56 heavy (non-hydrogen) atoms. The molecule has 2 saturated heterocycles. The van der Waals surface area contributed by atoms with E-state index in [9.17, 15) is 34.8 Å². The largest absolute Gasteiger partial charge is 0.493 e. The lowest BCUT2D eigenvalue weighted by Crippen LogP contribution is -2.61. The first-order chi connectivity index (χ1) is 26.7. The molecular formula is C36H46N8O11S. The second-order valence-corrected chi connectivity index (χ2v) is 14.1. The molecule has 1 aromatic carbocycles. The summed E-state index contributed by atoms with van der Waals surface area (Å²) in [6, 6.07) is 8.03. The molecule has 2 fully saturated rings. The SMILES string of the molecule is COc1cc(COC(=S)N(C)CCN(C)C(=O)n2ccc3c(N(C)[C@H]4CN(C(=O)CC#N)CC[C@H]4C)ncnc32)ccc1O[C@@H]1O[C@H](C(=O)O)[C@@H](O)[C@H](O)[C@H]1O. The van der Waals surface area contributed by atoms with Crippen molar-refractivity contribution >= 4 is 52.2 Å². The average molecular weight is 799 g/mol. The first kappa shape index (κ1) is 41.8. The smallest absolute Gasteiger partial charge is 0.335 e. The number of hydrogen-bond donors (Lipinski definition) is 4. The number of aliphatic carboxylic acids is 1. The number of carboxylic acids is 1. The number of nitriles is 1. The summed E-state index contributed by atoms with van der Waals surface area (Å²) in [4.78, 5) is 53.4. The van der Waals surface area contributed by atoms with Crippen LogP contribution in [0.2, 0.25) is 0 Å². The van der Waals surface area contributed by atoms with Crippen LogP contribution in [0.1, 0.15) is 25.3 Å². The Morgan fingerprint density at radius 2 is 1.79 bits per heavy atom. The van der Waals surface area contributed by atoms with Crippen LogP contribution in [0.15, 0.2) is 36.8 Å². The topological polar surface area (TPSA) is 237 Å². The second kappa shape index (κ2) is 18.1. The number of carboxylic acid groups (broad SMARTS) is 1. The number of likely N-dealkylation sites (N-methyl/N-ethyl adjacent to an activating group) is 3. The molecule has 4 heterocycles. The summed E-state index contributed by atoms with van der Waals surface area (Å²) in [5, 5.41) is 49.5. The van der Waals surface area contributed by atoms with Gasteiger partial charge in [-0.25, -0.2) is 19.6 Å². The van der Waals surface area contributed by atoms with E-state index in [1.54, 1.807) is 48.3 Å². The van der Waals surface area contributed by atoms with E-state index in [4.69, 9.17) is 36.4 Å². The Balaban J connectivity index is 1.15. The van der Waals surface area contributed by atoms with Gasteiger partial charge < -0.3 is 59.0 Å². The van der Waals surface area contributed by atoms with Gasteiger partial charge in [-0.3, -0.25) is 9.36 Å². The predicted octanol–water partition coefficient (Wildman–Crippen LogP) is 0.631. The molecule has 0 bridgehead atoms. The van der Waals surface area contributed by atoms with E-state index in [0.29, 0.717) is 42.0 Å². The van der Waals surface area contributed by atoms with Crippen molar-refractivity contribution in [2.75, 3.05) is 59.3 Å². The lowest BCUT2D eigenvalue weighted by atomic mass is 9.92. The maximum atomic E-state index is 13.6. The molecule has 302 valence electrons. The van der Waals surface area contributed by atoms with E-state index < -0.39 is 36.7 Å². The third kappa shape index (κ3) is 9.03. The number of aromatic nitrogens is 3. The second-order valence-electron chi connectivity index (χ2n) is 13.8. The highest BCUT2D eigenvalue weighted by Gasteiger charge is 2.48. The summed E-state index contributed by atoms with van der Waals surface area (Å²) < 4.78 is 23.5. The average Bonchev–Trinajstić information content (AvgIpc) is 3.63. The van der Waals surface area contributed by atoms with E-state index in [2.05, 4.69) is 16.9 Å². The maximum Gasteiger partial charge on any atom is 0.335 e. The molecule has 19 nitrogen and oxygen atoms in total. The van der Waals surface area contributed by atoms with Crippen molar-refractivity contribution in [2.24, 2.45) is 5.92 Å². The Morgan fingerprint density at radius 1 is 1.05 bits per heavy atom. The lowest BCUT2D eigenvalue weighted by molar-refractivity contribution is -0.271. The summed E-state index contributed by atoms with van der Waals surface area (Å²) in [5.74, 6) is -0.586. The molecule has 0 radical (unpaired) electrons. The molecule has 2 aliphatic rings. The number of hydrogen-bond acceptors (Lipinski definition) is 15. The molecule has 2 amide bonds. The van der Waals surface area contributed by atoms with Crippen LogP contribution >= 0.6 is 12.2 Å². The lowest BCUT2D eigenvalue weighted by Gasteiger charge is -2.42. The first-order valence-electron chi connectivity index (χ1n) is 17.8. The molecule has 4 N–H and O–H groups in total. The summed E-state index contributed by atoms with van der Waals surface area (Å²) in [6.07, 6.45) is -5.18. The highest BCUT2D eigenvalue weighted by molar-refractivity contribution is 7.80. The van der Waals surface area contributed by atoms with Crippen molar-refractivity contribution in [1.82, 2.24) is 29.2 Å². The highest BCUT2D eigenvalue weighted by Crippen LogP contribution is 2.33. The van der Waals surface area contributed by atoms with Gasteiger partial charge in [-0.15, -0.1) is 0 Å². The Hall–Kier alpha value is -5.33. The molecule has 3 aromatic rings. The van der Waals surface area contributed by atoms with Crippen LogP contribution in [-0.4, -0.2) is 164 Å². The molecule has 2 aromatic heterocycles. The van der Waals surface area contributed by atoms with Crippen molar-refractivity contribution in [2.45, 2.75) is 63.1 Å². The van der Waals surface area contributed by atoms with Gasteiger partial charge in [0.1, 0.15) is 43.5 Å². The minimum Gasteiger partial charge on any atom is -0.493 e. The van der Waals surface area contributed by atoms with Gasteiger partial charge in [0.15, 0.2) is 23.3 Å². The van der Waals surface area contributed by atoms with Gasteiger partial charge >= 0.3 is 12.0 Å². The fourth-order valence-electron chi connectivity index (χ4n) is 6.59. The van der Waals surface area contributed by atoms with E-state index in [1.807, 2.05) is 18.0 Å². The van der Waals surface area contributed by atoms with Gasteiger partial charge in [0, 0.05) is 53.5 Å². The number of rotatable bonds is 12. The standard InChI is InChI=1S/C36H46N8O11S/c1-20-9-12-43(26(45)8-11-37)17-23(20)42(4)31-22-10-13-44(32(22)39-19-38-31)35(51)40(2)14-15-41(3)36(56)53-18-21-6-7-24(25(16-21)52-5)54-34-29(48)27(46)28(47)30(55-34)33(49)50/h6-7,10,13,16,19-20,23,27-30,34,46-48H,8-9,12,14-15,17-18H2,1-5H3,(H,49,50)/t20-,23+,27+,28+,29-,30+,34-/m1/s1. The number of nitrogens with zero attached hydrogens (tertiary/aromatic N) is 8. The third-order valence-corrected chi connectivity index (χ3v) is 10.5. The molecule has 0 saturated carbocycles. The van der Waals surface area contributed by atoms with Crippen molar-refractivity contribution in [1.29, 1.82) is 5.26 Å². The summed E-state index contributed by atoms with van der Waals surface area (Å²) in [7, 11) is 6.67. The van der Waals surface area contributed by atoms with Crippen LogP contribution in [-0.2, 0) is 25.7 Å². The zero-order valence-corrected chi connectivity index (χ0v) is 32.4. The zero-order valence-electron chi connectivity index (χ0n) is 31.6. The van der Waals surface area contributed by atoms with Gasteiger partial charge in [0.2, 0.25) is 12.2 Å². The number of benzene rings is 1. The number of methoxy groups -OCH3 is 1. The van der Waals surface area contributed by atoms with Crippen LogP contribution in [0.5, 0.6) is 11.5 Å². The Labute approximate surface area is 328 Å². The minimum absolute atomic E-state index is 0.0306. The number of carbonyl (C=O) groups excluding carboxylic acids is 2. The van der Waals surface area contributed by atoms with Crippen LogP contribution < -0.4 is 14.4 Å². The molecule has 2 aliphatic heterocycles. The molecule has 20 heteroatoms. The number of likely N-dealkylation sites (tertiary alicyclic amines) is 1.